The number of nitrogens with one attached hydrogen (secondary N) is 1. The molecule has 1 fully saturated rings. The third-order valence-corrected chi connectivity index (χ3v) is 4.42. The lowest BCUT2D eigenvalue weighted by atomic mass is 10.2. The first-order valence-electron chi connectivity index (χ1n) is 7.41. The molecule has 2 aromatic rings. The minimum atomic E-state index is -0.315. The molecule has 1 aromatic carbocycles. The number of rotatable bonds is 5. The minimum Gasteiger partial charge on any atom is -0.370 e. The highest BCUT2D eigenvalue weighted by Crippen LogP contribution is 2.23. The van der Waals surface area contributed by atoms with Gasteiger partial charge in [0.2, 0.25) is 5.91 Å². The Morgan fingerprint density at radius 3 is 3.00 bits per heavy atom. The molecule has 4 nitrogen and oxygen atoms in total. The van der Waals surface area contributed by atoms with E-state index in [2.05, 4.69) is 26.2 Å². The second kappa shape index (κ2) is 6.60. The number of halogens is 2. The molecule has 0 saturated carbocycles. The van der Waals surface area contributed by atoms with Crippen LogP contribution < -0.4 is 5.32 Å². The number of nitrogens with zero attached hydrogens (tertiary/aromatic N) is 2. The first-order valence-corrected chi connectivity index (χ1v) is 8.20. The molecule has 1 aliphatic rings. The summed E-state index contributed by atoms with van der Waals surface area (Å²) < 4.78 is 14.0. The lowest BCUT2D eigenvalue weighted by molar-refractivity contribution is -0.127. The van der Waals surface area contributed by atoms with Gasteiger partial charge >= 0.3 is 0 Å². The van der Waals surface area contributed by atoms with Crippen molar-refractivity contribution in [3.8, 4) is 0 Å². The molecular weight excluding hydrogens is 349 g/mol. The fourth-order valence-electron chi connectivity index (χ4n) is 2.64. The average Bonchev–Trinajstić information content (AvgIpc) is 2.90. The summed E-state index contributed by atoms with van der Waals surface area (Å²) in [5.41, 5.74) is 0.625. The second-order valence-electron chi connectivity index (χ2n) is 5.42. The number of carbonyl (C=O) groups excluding carboxylic acids is 1. The molecule has 116 valence electrons. The highest BCUT2D eigenvalue weighted by molar-refractivity contribution is 9.10. The van der Waals surface area contributed by atoms with Crippen LogP contribution in [0.4, 0.5) is 10.2 Å². The number of amides is 1. The van der Waals surface area contributed by atoms with Crippen LogP contribution in [-0.4, -0.2) is 35.4 Å². The van der Waals surface area contributed by atoms with Crippen LogP contribution in [0, 0.1) is 5.82 Å². The quantitative estimate of drug-likeness (QED) is 0.823. The van der Waals surface area contributed by atoms with Gasteiger partial charge in [0.1, 0.15) is 11.6 Å². The monoisotopic (exact) mass is 365 g/mol. The van der Waals surface area contributed by atoms with Gasteiger partial charge in [-0.25, -0.2) is 9.37 Å². The number of fused-ring (bicyclic) bond motifs is 1. The molecule has 0 unspecified atom stereocenters. The Morgan fingerprint density at radius 2 is 2.23 bits per heavy atom. The Balaban J connectivity index is 1.57. The second-order valence-corrected chi connectivity index (χ2v) is 6.27. The summed E-state index contributed by atoms with van der Waals surface area (Å²) >= 11 is 3.17. The molecule has 3 rings (SSSR count). The van der Waals surface area contributed by atoms with Gasteiger partial charge in [0.25, 0.3) is 0 Å². The summed E-state index contributed by atoms with van der Waals surface area (Å²) in [6.07, 6.45) is 2.53. The van der Waals surface area contributed by atoms with Crippen molar-refractivity contribution in [2.75, 3.05) is 25.0 Å². The number of pyridine rings is 1. The molecule has 0 radical (unpaired) electrons. The fraction of sp³-hybridized carbons (Fsp3) is 0.375. The van der Waals surface area contributed by atoms with Gasteiger partial charge in [0.05, 0.1) is 9.99 Å². The van der Waals surface area contributed by atoms with Crippen molar-refractivity contribution in [2.24, 2.45) is 0 Å². The van der Waals surface area contributed by atoms with Crippen LogP contribution in [0.15, 0.2) is 28.7 Å². The molecule has 0 atom stereocenters. The van der Waals surface area contributed by atoms with Crippen molar-refractivity contribution >= 4 is 38.6 Å². The van der Waals surface area contributed by atoms with Gasteiger partial charge < -0.3 is 10.2 Å². The van der Waals surface area contributed by atoms with Crippen molar-refractivity contribution in [1.82, 2.24) is 9.88 Å². The maximum atomic E-state index is 13.6. The first-order chi connectivity index (χ1) is 10.6. The van der Waals surface area contributed by atoms with E-state index in [1.807, 2.05) is 17.0 Å². The maximum Gasteiger partial charge on any atom is 0.222 e. The zero-order chi connectivity index (χ0) is 15.5. The highest BCUT2D eigenvalue weighted by atomic mass is 79.9. The molecule has 0 bridgehead atoms. The molecule has 1 amide bonds. The standard InChI is InChI=1S/C16H17BrFN3O/c17-12-9-11-4-5-15(20-14(11)10-13(12)18)19-6-2-8-21-7-1-3-16(21)22/h4-5,9-10H,1-3,6-8H2,(H,19,20). The summed E-state index contributed by atoms with van der Waals surface area (Å²) in [7, 11) is 0. The molecule has 0 aliphatic carbocycles. The lowest BCUT2D eigenvalue weighted by Crippen LogP contribution is -2.27. The zero-order valence-corrected chi connectivity index (χ0v) is 13.7. The van der Waals surface area contributed by atoms with E-state index in [-0.39, 0.29) is 11.7 Å². The number of carbonyl (C=O) groups is 1. The highest BCUT2D eigenvalue weighted by Gasteiger charge is 2.18. The SMILES string of the molecule is O=C1CCCN1CCCNc1ccc2cc(Br)c(F)cc2n1. The van der Waals surface area contributed by atoms with Gasteiger partial charge in [-0.3, -0.25) is 4.79 Å². The van der Waals surface area contributed by atoms with Gasteiger partial charge in [-0.2, -0.15) is 0 Å². The number of hydrogen-bond donors (Lipinski definition) is 1. The Labute approximate surface area is 136 Å². The summed E-state index contributed by atoms with van der Waals surface area (Å²) in [5.74, 6) is 0.663. The van der Waals surface area contributed by atoms with E-state index in [0.29, 0.717) is 16.4 Å². The molecule has 1 saturated heterocycles. The Kier molecular flexibility index (Phi) is 4.57. The summed E-state index contributed by atoms with van der Waals surface area (Å²) in [6, 6.07) is 6.94. The van der Waals surface area contributed by atoms with Crippen LogP contribution in [-0.2, 0) is 4.79 Å². The number of benzene rings is 1. The van der Waals surface area contributed by atoms with Crippen molar-refractivity contribution in [1.29, 1.82) is 0 Å². The fourth-order valence-corrected chi connectivity index (χ4v) is 3.00. The Hall–Kier alpha value is -1.69. The molecule has 1 N–H and O–H groups in total. The van der Waals surface area contributed by atoms with Gasteiger partial charge in [-0.05, 0) is 47.0 Å². The van der Waals surface area contributed by atoms with Crippen molar-refractivity contribution in [3.05, 3.63) is 34.6 Å². The van der Waals surface area contributed by atoms with Crippen LogP contribution in [0.5, 0.6) is 0 Å². The number of likely N-dealkylation sites (tertiary alicyclic amines) is 1. The Morgan fingerprint density at radius 1 is 1.36 bits per heavy atom. The lowest BCUT2D eigenvalue weighted by Gasteiger charge is -2.15. The van der Waals surface area contributed by atoms with E-state index in [9.17, 15) is 9.18 Å². The smallest absolute Gasteiger partial charge is 0.222 e. The van der Waals surface area contributed by atoms with Crippen LogP contribution in [0.1, 0.15) is 19.3 Å². The van der Waals surface area contributed by atoms with Crippen LogP contribution in [0.25, 0.3) is 10.9 Å². The minimum absolute atomic E-state index is 0.255. The molecule has 2 heterocycles. The van der Waals surface area contributed by atoms with Crippen LogP contribution >= 0.6 is 15.9 Å². The summed E-state index contributed by atoms with van der Waals surface area (Å²) in [6.45, 7) is 2.39. The topological polar surface area (TPSA) is 45.2 Å². The molecule has 6 heteroatoms. The van der Waals surface area contributed by atoms with E-state index >= 15 is 0 Å². The number of aromatic nitrogens is 1. The third kappa shape index (κ3) is 3.38. The predicted octanol–water partition coefficient (Wildman–Crippen LogP) is 3.56. The van der Waals surface area contributed by atoms with Crippen molar-refractivity contribution in [2.45, 2.75) is 19.3 Å². The molecule has 0 spiro atoms. The third-order valence-electron chi connectivity index (χ3n) is 3.81. The normalized spacial score (nSPS) is 14.8. The van der Waals surface area contributed by atoms with Gasteiger partial charge in [0, 0.05) is 37.5 Å². The van der Waals surface area contributed by atoms with Gasteiger partial charge in [-0.15, -0.1) is 0 Å². The number of hydrogen-bond acceptors (Lipinski definition) is 3. The van der Waals surface area contributed by atoms with Crippen LogP contribution in [0.2, 0.25) is 0 Å². The summed E-state index contributed by atoms with van der Waals surface area (Å²) in [4.78, 5) is 17.8. The maximum absolute atomic E-state index is 13.6. The zero-order valence-electron chi connectivity index (χ0n) is 12.1. The molecular formula is C16H17BrFN3O. The largest absolute Gasteiger partial charge is 0.370 e. The molecule has 22 heavy (non-hydrogen) atoms. The Bertz CT molecular complexity index is 707. The average molecular weight is 366 g/mol. The van der Waals surface area contributed by atoms with E-state index in [1.54, 1.807) is 6.07 Å². The van der Waals surface area contributed by atoms with E-state index in [4.69, 9.17) is 0 Å². The van der Waals surface area contributed by atoms with Crippen molar-refractivity contribution in [3.63, 3.8) is 0 Å². The van der Waals surface area contributed by atoms with Crippen LogP contribution in [0.3, 0.4) is 0 Å². The van der Waals surface area contributed by atoms with Gasteiger partial charge in [0.15, 0.2) is 0 Å². The predicted molar refractivity (Wildman–Crippen MR) is 88.3 cm³/mol. The first kappa shape index (κ1) is 15.2. The summed E-state index contributed by atoms with van der Waals surface area (Å²) in [5, 5.41) is 4.12. The van der Waals surface area contributed by atoms with Crippen molar-refractivity contribution < 1.29 is 9.18 Å². The number of anilines is 1. The van der Waals surface area contributed by atoms with Gasteiger partial charge in [-0.1, -0.05) is 0 Å². The van der Waals surface area contributed by atoms with E-state index in [1.165, 1.54) is 6.07 Å². The molecule has 1 aliphatic heterocycles. The van der Waals surface area contributed by atoms with E-state index < -0.39 is 0 Å². The molecule has 1 aromatic heterocycles. The van der Waals surface area contributed by atoms with E-state index in [0.717, 1.165) is 43.7 Å².